The number of aryl methyl sites for hydroxylation is 2. The zero-order valence-electron chi connectivity index (χ0n) is 9.79. The molecule has 1 heterocycles. The van der Waals surface area contributed by atoms with Gasteiger partial charge in [-0.2, -0.15) is 0 Å². The van der Waals surface area contributed by atoms with E-state index in [9.17, 15) is 4.79 Å². The van der Waals surface area contributed by atoms with Gasteiger partial charge in [0.1, 0.15) is 17.1 Å². The van der Waals surface area contributed by atoms with Crippen LogP contribution in [0.2, 0.25) is 0 Å². The highest BCUT2D eigenvalue weighted by molar-refractivity contribution is 5.70. The van der Waals surface area contributed by atoms with Gasteiger partial charge in [0.05, 0.1) is 6.42 Å². The highest BCUT2D eigenvalue weighted by atomic mass is 16.6. The Hall–Kier alpha value is -1.25. The quantitative estimate of drug-likeness (QED) is 0.720. The highest BCUT2D eigenvalue weighted by Crippen LogP contribution is 2.12. The van der Waals surface area contributed by atoms with E-state index in [2.05, 4.69) is 0 Å². The van der Waals surface area contributed by atoms with E-state index in [1.54, 1.807) is 0 Å². The van der Waals surface area contributed by atoms with Gasteiger partial charge >= 0.3 is 5.97 Å². The lowest BCUT2D eigenvalue weighted by Crippen LogP contribution is -2.23. The fourth-order valence-corrected chi connectivity index (χ4v) is 1.24. The summed E-state index contributed by atoms with van der Waals surface area (Å²) in [5.74, 6) is 1.52. The van der Waals surface area contributed by atoms with Gasteiger partial charge in [-0.25, -0.2) is 0 Å². The normalized spacial score (nSPS) is 11.5. The Bertz CT molecular complexity index is 331. The number of ether oxygens (including phenoxy) is 1. The van der Waals surface area contributed by atoms with Crippen LogP contribution in [0.1, 0.15) is 38.7 Å². The predicted octanol–water partition coefficient (Wildman–Crippen LogP) is 2.86. The van der Waals surface area contributed by atoms with Crippen molar-refractivity contribution >= 4 is 5.97 Å². The SMILES string of the molecule is Cc1ccc(CCC(=O)OC(C)(C)C)o1. The molecule has 0 unspecified atom stereocenters. The van der Waals surface area contributed by atoms with Crippen molar-refractivity contribution in [3.05, 3.63) is 23.7 Å². The molecule has 0 atom stereocenters. The van der Waals surface area contributed by atoms with E-state index in [4.69, 9.17) is 9.15 Å². The van der Waals surface area contributed by atoms with Gasteiger partial charge in [-0.3, -0.25) is 4.79 Å². The Balaban J connectivity index is 2.35. The minimum absolute atomic E-state index is 0.184. The van der Waals surface area contributed by atoms with Crippen LogP contribution in [0.5, 0.6) is 0 Å². The summed E-state index contributed by atoms with van der Waals surface area (Å²) in [6.07, 6.45) is 0.965. The first kappa shape index (κ1) is 11.8. The van der Waals surface area contributed by atoms with E-state index in [1.165, 1.54) is 0 Å². The van der Waals surface area contributed by atoms with Crippen LogP contribution in [-0.2, 0) is 16.0 Å². The van der Waals surface area contributed by atoms with Crippen LogP contribution in [0.3, 0.4) is 0 Å². The molecule has 0 fully saturated rings. The molecule has 1 rings (SSSR count). The smallest absolute Gasteiger partial charge is 0.306 e. The minimum atomic E-state index is -0.407. The van der Waals surface area contributed by atoms with Crippen LogP contribution in [0, 0.1) is 6.92 Å². The zero-order chi connectivity index (χ0) is 11.5. The highest BCUT2D eigenvalue weighted by Gasteiger charge is 2.16. The van der Waals surface area contributed by atoms with Gasteiger partial charge in [0.15, 0.2) is 0 Å². The molecule has 1 aromatic heterocycles. The summed E-state index contributed by atoms with van der Waals surface area (Å²) in [5.41, 5.74) is -0.407. The van der Waals surface area contributed by atoms with Gasteiger partial charge in [-0.05, 0) is 39.8 Å². The van der Waals surface area contributed by atoms with Gasteiger partial charge in [0.25, 0.3) is 0 Å². The summed E-state index contributed by atoms with van der Waals surface area (Å²) in [6.45, 7) is 7.47. The average Bonchev–Trinajstić information content (AvgIpc) is 2.45. The number of hydrogen-bond acceptors (Lipinski definition) is 3. The van der Waals surface area contributed by atoms with E-state index in [0.717, 1.165) is 11.5 Å². The Morgan fingerprint density at radius 3 is 2.53 bits per heavy atom. The molecule has 0 saturated heterocycles. The molecule has 0 saturated carbocycles. The van der Waals surface area contributed by atoms with Crippen LogP contribution in [-0.4, -0.2) is 11.6 Å². The van der Waals surface area contributed by atoms with Crippen molar-refractivity contribution < 1.29 is 13.9 Å². The second-order valence-electron chi connectivity index (χ2n) is 4.60. The van der Waals surface area contributed by atoms with Crippen LogP contribution >= 0.6 is 0 Å². The summed E-state index contributed by atoms with van der Waals surface area (Å²) in [4.78, 5) is 11.4. The lowest BCUT2D eigenvalue weighted by atomic mass is 10.2. The van der Waals surface area contributed by atoms with E-state index in [-0.39, 0.29) is 5.97 Å². The summed E-state index contributed by atoms with van der Waals surface area (Å²) >= 11 is 0. The average molecular weight is 210 g/mol. The molecular formula is C12H18O3. The summed E-state index contributed by atoms with van der Waals surface area (Å²) < 4.78 is 10.5. The van der Waals surface area contributed by atoms with E-state index < -0.39 is 5.60 Å². The van der Waals surface area contributed by atoms with E-state index in [1.807, 2.05) is 39.8 Å². The molecule has 1 aromatic rings. The largest absolute Gasteiger partial charge is 0.466 e. The first-order valence-corrected chi connectivity index (χ1v) is 5.14. The molecule has 0 N–H and O–H groups in total. The molecule has 0 bridgehead atoms. The van der Waals surface area contributed by atoms with Gasteiger partial charge < -0.3 is 9.15 Å². The van der Waals surface area contributed by atoms with E-state index >= 15 is 0 Å². The fraction of sp³-hybridized carbons (Fsp3) is 0.583. The summed E-state index contributed by atoms with van der Waals surface area (Å²) in [7, 11) is 0. The third-order valence-corrected chi connectivity index (χ3v) is 1.79. The number of esters is 1. The number of rotatable bonds is 3. The number of carbonyl (C=O) groups excluding carboxylic acids is 1. The zero-order valence-corrected chi connectivity index (χ0v) is 9.79. The molecule has 0 radical (unpaired) electrons. The monoisotopic (exact) mass is 210 g/mol. The maximum atomic E-state index is 11.4. The van der Waals surface area contributed by atoms with Crippen LogP contribution in [0.25, 0.3) is 0 Å². The second-order valence-corrected chi connectivity index (χ2v) is 4.60. The van der Waals surface area contributed by atoms with Crippen molar-refractivity contribution in [3.8, 4) is 0 Å². The maximum absolute atomic E-state index is 11.4. The third-order valence-electron chi connectivity index (χ3n) is 1.79. The van der Waals surface area contributed by atoms with Gasteiger partial charge in [-0.15, -0.1) is 0 Å². The fourth-order valence-electron chi connectivity index (χ4n) is 1.24. The van der Waals surface area contributed by atoms with Crippen molar-refractivity contribution in [1.29, 1.82) is 0 Å². The topological polar surface area (TPSA) is 39.4 Å². The molecule has 15 heavy (non-hydrogen) atoms. The minimum Gasteiger partial charge on any atom is -0.466 e. The molecule has 0 aliphatic heterocycles. The first-order chi connectivity index (χ1) is 6.87. The molecule has 0 aromatic carbocycles. The Kier molecular flexibility index (Phi) is 3.56. The van der Waals surface area contributed by atoms with Crippen molar-refractivity contribution in [2.75, 3.05) is 0 Å². The molecule has 0 aliphatic carbocycles. The van der Waals surface area contributed by atoms with Crippen molar-refractivity contribution in [2.24, 2.45) is 0 Å². The summed E-state index contributed by atoms with van der Waals surface area (Å²) in [5, 5.41) is 0. The van der Waals surface area contributed by atoms with Gasteiger partial charge in [0, 0.05) is 6.42 Å². The molecule has 0 amide bonds. The lowest BCUT2D eigenvalue weighted by molar-refractivity contribution is -0.154. The van der Waals surface area contributed by atoms with Crippen LogP contribution < -0.4 is 0 Å². The standard InChI is InChI=1S/C12H18O3/c1-9-5-6-10(14-9)7-8-11(13)15-12(2,3)4/h5-6H,7-8H2,1-4H3. The van der Waals surface area contributed by atoms with Crippen molar-refractivity contribution in [1.82, 2.24) is 0 Å². The number of furan rings is 1. The van der Waals surface area contributed by atoms with Crippen molar-refractivity contribution in [2.45, 2.75) is 46.1 Å². The lowest BCUT2D eigenvalue weighted by Gasteiger charge is -2.19. The Morgan fingerprint density at radius 1 is 1.40 bits per heavy atom. The Labute approximate surface area is 90.4 Å². The molecular weight excluding hydrogens is 192 g/mol. The first-order valence-electron chi connectivity index (χ1n) is 5.14. The van der Waals surface area contributed by atoms with Crippen LogP contribution in [0.15, 0.2) is 16.5 Å². The number of carbonyl (C=O) groups is 1. The van der Waals surface area contributed by atoms with E-state index in [0.29, 0.717) is 12.8 Å². The molecule has 0 aliphatic rings. The molecule has 84 valence electrons. The maximum Gasteiger partial charge on any atom is 0.306 e. The third kappa shape index (κ3) is 4.68. The molecule has 3 heteroatoms. The van der Waals surface area contributed by atoms with Gasteiger partial charge in [0.2, 0.25) is 0 Å². The summed E-state index contributed by atoms with van der Waals surface area (Å²) in [6, 6.07) is 3.78. The predicted molar refractivity (Wildman–Crippen MR) is 57.6 cm³/mol. The second kappa shape index (κ2) is 4.51. The van der Waals surface area contributed by atoms with Gasteiger partial charge in [-0.1, -0.05) is 0 Å². The van der Waals surface area contributed by atoms with Crippen LogP contribution in [0.4, 0.5) is 0 Å². The molecule has 3 nitrogen and oxygen atoms in total. The molecule has 0 spiro atoms. The Morgan fingerprint density at radius 2 is 2.07 bits per heavy atom. The number of hydrogen-bond donors (Lipinski definition) is 0. The van der Waals surface area contributed by atoms with Crippen molar-refractivity contribution in [3.63, 3.8) is 0 Å².